The van der Waals surface area contributed by atoms with E-state index in [1.807, 2.05) is 61.2 Å². The zero-order valence-electron chi connectivity index (χ0n) is 24.0. The summed E-state index contributed by atoms with van der Waals surface area (Å²) >= 11 is 1.67. The number of carbonyl (C=O) groups excluding carboxylic acids is 1. The molecule has 2 aliphatic heterocycles. The van der Waals surface area contributed by atoms with E-state index >= 15 is 0 Å². The fourth-order valence-electron chi connectivity index (χ4n) is 5.48. The van der Waals surface area contributed by atoms with E-state index in [9.17, 15) is 4.79 Å². The van der Waals surface area contributed by atoms with Gasteiger partial charge in [0.2, 0.25) is 0 Å². The van der Waals surface area contributed by atoms with Crippen LogP contribution in [-0.4, -0.2) is 71.6 Å². The molecule has 0 aliphatic carbocycles. The minimum absolute atomic E-state index is 0.0541. The van der Waals surface area contributed by atoms with Crippen LogP contribution in [0.1, 0.15) is 42.9 Å². The number of nitrogens with zero attached hydrogens (tertiary/aromatic N) is 4. The SMILES string of the molecule is CCc1cc2c(N3CCN(C(=O)c4ccc(-c5ccccc5)cc4)C[C@@H]3C)nc(OC[C@H]3COC(C)(C)O3)nc2s1. The average Bonchev–Trinajstić information content (AvgIpc) is 3.57. The standard InChI is InChI=1S/C32H36N4O4S/c1-5-26-17-27-28(33-31(34-29(27)41-26)38-19-25-20-39-32(3,4)40-25)36-16-15-35(18-21(36)2)30(37)24-13-11-23(12-14-24)22-9-7-6-8-10-22/h6-14,17,21,25H,5,15-16,18-20H2,1-4H3/t21-,25-/m0/s1. The normalized spacial score (nSPS) is 20.5. The molecule has 1 amide bonds. The molecular weight excluding hydrogens is 536 g/mol. The second kappa shape index (κ2) is 11.4. The Morgan fingerprint density at radius 1 is 1.07 bits per heavy atom. The molecule has 9 heteroatoms. The molecule has 2 aromatic carbocycles. The molecule has 0 N–H and O–H groups in total. The monoisotopic (exact) mass is 572 g/mol. The Labute approximate surface area is 244 Å². The molecule has 4 aromatic rings. The van der Waals surface area contributed by atoms with Crippen molar-refractivity contribution in [2.24, 2.45) is 0 Å². The number of anilines is 1. The number of piperazine rings is 1. The van der Waals surface area contributed by atoms with Gasteiger partial charge in [0.05, 0.1) is 12.0 Å². The Bertz CT molecular complexity index is 1520. The van der Waals surface area contributed by atoms with Crippen LogP contribution in [0.5, 0.6) is 6.01 Å². The van der Waals surface area contributed by atoms with Crippen LogP contribution in [-0.2, 0) is 15.9 Å². The summed E-state index contributed by atoms with van der Waals surface area (Å²) in [6.07, 6.45) is 0.761. The van der Waals surface area contributed by atoms with E-state index in [0.29, 0.717) is 44.4 Å². The number of aromatic nitrogens is 2. The van der Waals surface area contributed by atoms with E-state index in [4.69, 9.17) is 24.2 Å². The average molecular weight is 573 g/mol. The van der Waals surface area contributed by atoms with E-state index in [1.165, 1.54) is 4.88 Å². The van der Waals surface area contributed by atoms with Gasteiger partial charge in [0, 0.05) is 36.1 Å². The Morgan fingerprint density at radius 3 is 2.51 bits per heavy atom. The lowest BCUT2D eigenvalue weighted by Gasteiger charge is -2.40. The highest BCUT2D eigenvalue weighted by Crippen LogP contribution is 2.35. The summed E-state index contributed by atoms with van der Waals surface area (Å²) in [5.74, 6) is 0.305. The maximum absolute atomic E-state index is 13.4. The maximum Gasteiger partial charge on any atom is 0.319 e. The van der Waals surface area contributed by atoms with E-state index < -0.39 is 5.79 Å². The van der Waals surface area contributed by atoms with Crippen LogP contribution >= 0.6 is 11.3 Å². The summed E-state index contributed by atoms with van der Waals surface area (Å²) in [5, 5.41) is 1.03. The van der Waals surface area contributed by atoms with Crippen LogP contribution in [0.15, 0.2) is 60.7 Å². The number of carbonyl (C=O) groups is 1. The molecule has 2 aliphatic rings. The predicted octanol–water partition coefficient (Wildman–Crippen LogP) is 5.80. The first kappa shape index (κ1) is 27.6. The van der Waals surface area contributed by atoms with Crippen molar-refractivity contribution < 1.29 is 19.0 Å². The summed E-state index contributed by atoms with van der Waals surface area (Å²) in [6.45, 7) is 10.8. The minimum Gasteiger partial charge on any atom is -0.461 e. The van der Waals surface area contributed by atoms with Gasteiger partial charge in [-0.25, -0.2) is 0 Å². The molecule has 41 heavy (non-hydrogen) atoms. The Morgan fingerprint density at radius 2 is 1.83 bits per heavy atom. The molecule has 0 bridgehead atoms. The fraction of sp³-hybridized carbons (Fsp3) is 0.406. The van der Waals surface area contributed by atoms with Gasteiger partial charge in [-0.05, 0) is 56.5 Å². The molecule has 2 atom stereocenters. The summed E-state index contributed by atoms with van der Waals surface area (Å²) in [5.41, 5.74) is 2.95. The molecule has 8 nitrogen and oxygen atoms in total. The van der Waals surface area contributed by atoms with Gasteiger partial charge < -0.3 is 24.0 Å². The van der Waals surface area contributed by atoms with E-state index in [1.54, 1.807) is 11.3 Å². The molecule has 2 aromatic heterocycles. The fourth-order valence-corrected chi connectivity index (χ4v) is 6.44. The number of aryl methyl sites for hydroxylation is 1. The van der Waals surface area contributed by atoms with Gasteiger partial charge >= 0.3 is 6.01 Å². The summed E-state index contributed by atoms with van der Waals surface area (Å²) in [4.78, 5) is 29.4. The Kier molecular flexibility index (Phi) is 7.68. The van der Waals surface area contributed by atoms with Crippen LogP contribution in [0, 0.1) is 0 Å². The smallest absolute Gasteiger partial charge is 0.319 e. The first-order valence-electron chi connectivity index (χ1n) is 14.3. The lowest BCUT2D eigenvalue weighted by atomic mass is 10.0. The zero-order chi connectivity index (χ0) is 28.6. The summed E-state index contributed by atoms with van der Waals surface area (Å²) in [7, 11) is 0. The van der Waals surface area contributed by atoms with Gasteiger partial charge in [-0.2, -0.15) is 9.97 Å². The molecule has 0 unspecified atom stereocenters. The largest absolute Gasteiger partial charge is 0.461 e. The molecule has 2 fully saturated rings. The van der Waals surface area contributed by atoms with E-state index in [2.05, 4.69) is 36.9 Å². The van der Waals surface area contributed by atoms with Gasteiger partial charge in [0.15, 0.2) is 5.79 Å². The molecule has 214 valence electrons. The number of amides is 1. The number of ether oxygens (including phenoxy) is 3. The lowest BCUT2D eigenvalue weighted by Crippen LogP contribution is -2.54. The van der Waals surface area contributed by atoms with Crippen molar-refractivity contribution in [1.29, 1.82) is 0 Å². The first-order valence-corrected chi connectivity index (χ1v) is 15.1. The van der Waals surface area contributed by atoms with Gasteiger partial charge in [0.1, 0.15) is 23.4 Å². The van der Waals surface area contributed by atoms with Crippen LogP contribution in [0.4, 0.5) is 5.82 Å². The highest BCUT2D eigenvalue weighted by atomic mass is 32.1. The van der Waals surface area contributed by atoms with Gasteiger partial charge in [-0.1, -0.05) is 49.4 Å². The third kappa shape index (κ3) is 5.93. The molecular formula is C32H36N4O4S. The van der Waals surface area contributed by atoms with Crippen LogP contribution in [0.3, 0.4) is 0 Å². The highest BCUT2D eigenvalue weighted by molar-refractivity contribution is 7.18. The van der Waals surface area contributed by atoms with Gasteiger partial charge in [-0.15, -0.1) is 11.3 Å². The molecule has 6 rings (SSSR count). The van der Waals surface area contributed by atoms with Crippen molar-refractivity contribution in [3.8, 4) is 17.1 Å². The van der Waals surface area contributed by atoms with Crippen molar-refractivity contribution >= 4 is 33.3 Å². The third-order valence-corrected chi connectivity index (χ3v) is 8.82. The number of rotatable bonds is 7. The number of hydrogen-bond donors (Lipinski definition) is 0. The highest BCUT2D eigenvalue weighted by Gasteiger charge is 2.34. The van der Waals surface area contributed by atoms with Gasteiger partial charge in [0.25, 0.3) is 5.91 Å². The number of thiophene rings is 1. The van der Waals surface area contributed by atoms with Gasteiger partial charge in [-0.3, -0.25) is 4.79 Å². The summed E-state index contributed by atoms with van der Waals surface area (Å²) in [6, 6.07) is 20.7. The van der Waals surface area contributed by atoms with Crippen molar-refractivity contribution in [2.75, 3.05) is 37.7 Å². The quantitative estimate of drug-likeness (QED) is 0.277. The van der Waals surface area contributed by atoms with Crippen LogP contribution in [0.25, 0.3) is 21.3 Å². The lowest BCUT2D eigenvalue weighted by molar-refractivity contribution is -0.141. The minimum atomic E-state index is -0.607. The molecule has 4 heterocycles. The molecule has 0 radical (unpaired) electrons. The van der Waals surface area contributed by atoms with Crippen LogP contribution < -0.4 is 9.64 Å². The van der Waals surface area contributed by atoms with E-state index in [0.717, 1.165) is 33.6 Å². The zero-order valence-corrected chi connectivity index (χ0v) is 24.8. The maximum atomic E-state index is 13.4. The van der Waals surface area contributed by atoms with Crippen LogP contribution in [0.2, 0.25) is 0 Å². The Hall–Kier alpha value is -3.53. The molecule has 2 saturated heterocycles. The topological polar surface area (TPSA) is 77.0 Å². The van der Waals surface area contributed by atoms with Crippen molar-refractivity contribution in [1.82, 2.24) is 14.9 Å². The Balaban J connectivity index is 1.18. The second-order valence-corrected chi connectivity index (χ2v) is 12.2. The van der Waals surface area contributed by atoms with Crippen molar-refractivity contribution in [3.63, 3.8) is 0 Å². The molecule has 0 saturated carbocycles. The van der Waals surface area contributed by atoms with Crippen molar-refractivity contribution in [3.05, 3.63) is 71.1 Å². The second-order valence-electron chi connectivity index (χ2n) is 11.1. The third-order valence-electron chi connectivity index (χ3n) is 7.64. The van der Waals surface area contributed by atoms with Crippen molar-refractivity contribution in [2.45, 2.75) is 52.0 Å². The number of benzene rings is 2. The summed E-state index contributed by atoms with van der Waals surface area (Å²) < 4.78 is 17.6. The predicted molar refractivity (Wildman–Crippen MR) is 162 cm³/mol. The number of fused-ring (bicyclic) bond motifs is 1. The number of hydrogen-bond acceptors (Lipinski definition) is 8. The van der Waals surface area contributed by atoms with E-state index in [-0.39, 0.29) is 18.1 Å². The first-order chi connectivity index (χ1) is 19.8. The molecule has 0 spiro atoms.